The van der Waals surface area contributed by atoms with Gasteiger partial charge in [-0.3, -0.25) is 4.79 Å². The molecule has 1 aliphatic rings. The average molecular weight is 298 g/mol. The summed E-state index contributed by atoms with van der Waals surface area (Å²) < 4.78 is 6.37. The SMILES string of the molecule is CN1C(=O)COc2c(Br)cc(C(C)(C)C)cc21. The zero-order valence-corrected chi connectivity index (χ0v) is 12.1. The number of likely N-dealkylation sites (N-methyl/N-ethyl adjacent to an activating group) is 1. The molecule has 3 nitrogen and oxygen atoms in total. The molecular formula is C13H16BrNO2. The molecule has 0 radical (unpaired) electrons. The maximum atomic E-state index is 11.6. The number of rotatable bonds is 0. The molecule has 92 valence electrons. The van der Waals surface area contributed by atoms with Crippen LogP contribution >= 0.6 is 15.9 Å². The molecule has 0 atom stereocenters. The Morgan fingerprint density at radius 3 is 2.59 bits per heavy atom. The Kier molecular flexibility index (Phi) is 2.94. The lowest BCUT2D eigenvalue weighted by molar-refractivity contribution is -0.121. The fourth-order valence-corrected chi connectivity index (χ4v) is 2.33. The van der Waals surface area contributed by atoms with Gasteiger partial charge in [0.15, 0.2) is 12.4 Å². The summed E-state index contributed by atoms with van der Waals surface area (Å²) in [6.45, 7) is 6.54. The maximum absolute atomic E-state index is 11.6. The van der Waals surface area contributed by atoms with Crippen LogP contribution in [-0.2, 0) is 10.2 Å². The minimum Gasteiger partial charge on any atom is -0.480 e. The van der Waals surface area contributed by atoms with E-state index in [0.717, 1.165) is 15.9 Å². The molecule has 0 fully saturated rings. The third kappa shape index (κ3) is 2.18. The van der Waals surface area contributed by atoms with Crippen LogP contribution in [0.3, 0.4) is 0 Å². The van der Waals surface area contributed by atoms with Crippen LogP contribution in [0.4, 0.5) is 5.69 Å². The molecule has 1 amide bonds. The van der Waals surface area contributed by atoms with Gasteiger partial charge in [-0.2, -0.15) is 0 Å². The van der Waals surface area contributed by atoms with Crippen molar-refractivity contribution in [2.75, 3.05) is 18.6 Å². The highest BCUT2D eigenvalue weighted by Crippen LogP contribution is 2.41. The molecule has 1 heterocycles. The number of carbonyl (C=O) groups excluding carboxylic acids is 1. The van der Waals surface area contributed by atoms with Crippen LogP contribution < -0.4 is 9.64 Å². The number of benzene rings is 1. The normalized spacial score (nSPS) is 15.6. The molecule has 17 heavy (non-hydrogen) atoms. The van der Waals surface area contributed by atoms with E-state index in [0.29, 0.717) is 0 Å². The van der Waals surface area contributed by atoms with Crippen LogP contribution in [0.1, 0.15) is 26.3 Å². The standard InChI is InChI=1S/C13H16BrNO2/c1-13(2,3)8-5-9(14)12-10(6-8)15(4)11(16)7-17-12/h5-6H,7H2,1-4H3. The number of ether oxygens (including phenoxy) is 1. The molecule has 0 aromatic heterocycles. The first-order chi connectivity index (χ1) is 7.80. The lowest BCUT2D eigenvalue weighted by atomic mass is 9.86. The summed E-state index contributed by atoms with van der Waals surface area (Å²) in [5.74, 6) is 0.732. The zero-order valence-electron chi connectivity index (χ0n) is 10.5. The van der Waals surface area contributed by atoms with Crippen LogP contribution in [0.2, 0.25) is 0 Å². The van der Waals surface area contributed by atoms with Crippen LogP contribution in [0.15, 0.2) is 16.6 Å². The Morgan fingerprint density at radius 1 is 1.35 bits per heavy atom. The molecule has 0 saturated heterocycles. The molecule has 0 saturated carbocycles. The lowest BCUT2D eigenvalue weighted by Gasteiger charge is -2.29. The molecule has 1 aliphatic heterocycles. The molecular weight excluding hydrogens is 282 g/mol. The molecule has 0 aliphatic carbocycles. The number of anilines is 1. The number of carbonyl (C=O) groups is 1. The van der Waals surface area contributed by atoms with E-state index in [9.17, 15) is 4.79 Å². The molecule has 1 aromatic rings. The number of hydrogen-bond acceptors (Lipinski definition) is 2. The van der Waals surface area contributed by atoms with Crippen molar-refractivity contribution < 1.29 is 9.53 Å². The molecule has 0 unspecified atom stereocenters. The van der Waals surface area contributed by atoms with Crippen molar-refractivity contribution in [3.05, 3.63) is 22.2 Å². The van der Waals surface area contributed by atoms with Gasteiger partial charge in [0.2, 0.25) is 0 Å². The summed E-state index contributed by atoms with van der Waals surface area (Å²) in [6, 6.07) is 4.08. The Morgan fingerprint density at radius 2 is 2.00 bits per heavy atom. The van der Waals surface area contributed by atoms with E-state index in [4.69, 9.17) is 4.74 Å². The van der Waals surface area contributed by atoms with Gasteiger partial charge in [0, 0.05) is 7.05 Å². The molecule has 0 N–H and O–H groups in total. The summed E-state index contributed by atoms with van der Waals surface area (Å²) in [5, 5.41) is 0. The van der Waals surface area contributed by atoms with Gasteiger partial charge in [-0.15, -0.1) is 0 Å². The second-order valence-corrected chi connectivity index (χ2v) is 6.15. The first-order valence-electron chi connectivity index (χ1n) is 5.54. The smallest absolute Gasteiger partial charge is 0.264 e. The lowest BCUT2D eigenvalue weighted by Crippen LogP contribution is -2.35. The number of fused-ring (bicyclic) bond motifs is 1. The van der Waals surface area contributed by atoms with Crippen molar-refractivity contribution in [3.63, 3.8) is 0 Å². The van der Waals surface area contributed by atoms with E-state index in [2.05, 4.69) is 42.8 Å². The van der Waals surface area contributed by atoms with Crippen molar-refractivity contribution in [1.29, 1.82) is 0 Å². The third-order valence-electron chi connectivity index (χ3n) is 2.97. The third-order valence-corrected chi connectivity index (χ3v) is 3.55. The van der Waals surface area contributed by atoms with Gasteiger partial charge in [-0.1, -0.05) is 20.8 Å². The highest BCUT2D eigenvalue weighted by molar-refractivity contribution is 9.10. The molecule has 0 spiro atoms. The first kappa shape index (κ1) is 12.4. The van der Waals surface area contributed by atoms with Gasteiger partial charge in [0.1, 0.15) is 0 Å². The van der Waals surface area contributed by atoms with E-state index < -0.39 is 0 Å². The Bertz CT molecular complexity index is 477. The van der Waals surface area contributed by atoms with Crippen LogP contribution in [0.5, 0.6) is 5.75 Å². The van der Waals surface area contributed by atoms with Gasteiger partial charge in [-0.05, 0) is 39.0 Å². The second kappa shape index (κ2) is 4.02. The van der Waals surface area contributed by atoms with Crippen LogP contribution in [0, 0.1) is 0 Å². The zero-order chi connectivity index (χ0) is 12.8. The Hall–Kier alpha value is -1.03. The molecule has 1 aromatic carbocycles. The van der Waals surface area contributed by atoms with Gasteiger partial charge >= 0.3 is 0 Å². The van der Waals surface area contributed by atoms with Gasteiger partial charge in [-0.25, -0.2) is 0 Å². The predicted octanol–water partition coefficient (Wildman–Crippen LogP) is 3.10. The monoisotopic (exact) mass is 297 g/mol. The summed E-state index contributed by atoms with van der Waals surface area (Å²) in [7, 11) is 1.78. The highest BCUT2D eigenvalue weighted by atomic mass is 79.9. The number of nitrogens with zero attached hydrogens (tertiary/aromatic N) is 1. The van der Waals surface area contributed by atoms with Crippen molar-refractivity contribution in [1.82, 2.24) is 0 Å². The van der Waals surface area contributed by atoms with Gasteiger partial charge in [0.25, 0.3) is 5.91 Å². The number of amides is 1. The van der Waals surface area contributed by atoms with E-state index >= 15 is 0 Å². The fraction of sp³-hybridized carbons (Fsp3) is 0.462. The van der Waals surface area contributed by atoms with E-state index in [1.54, 1.807) is 11.9 Å². The van der Waals surface area contributed by atoms with Crippen molar-refractivity contribution in [2.24, 2.45) is 0 Å². The topological polar surface area (TPSA) is 29.5 Å². The molecule has 2 rings (SSSR count). The van der Waals surface area contributed by atoms with Crippen molar-refractivity contribution >= 4 is 27.5 Å². The largest absolute Gasteiger partial charge is 0.480 e. The number of halogens is 1. The Balaban J connectivity index is 2.59. The summed E-state index contributed by atoms with van der Waals surface area (Å²) >= 11 is 3.51. The van der Waals surface area contributed by atoms with Crippen molar-refractivity contribution in [2.45, 2.75) is 26.2 Å². The minimum absolute atomic E-state index is 0.0181. The van der Waals surface area contributed by atoms with E-state index in [1.807, 2.05) is 6.07 Å². The minimum atomic E-state index is -0.0181. The Labute approximate surface area is 110 Å². The molecule has 0 bridgehead atoms. The summed E-state index contributed by atoms with van der Waals surface area (Å²) in [6.07, 6.45) is 0. The van der Waals surface area contributed by atoms with Crippen LogP contribution in [-0.4, -0.2) is 19.6 Å². The second-order valence-electron chi connectivity index (χ2n) is 5.30. The predicted molar refractivity (Wildman–Crippen MR) is 71.7 cm³/mol. The average Bonchev–Trinajstić information content (AvgIpc) is 2.22. The van der Waals surface area contributed by atoms with E-state index in [-0.39, 0.29) is 17.9 Å². The fourth-order valence-electron chi connectivity index (χ4n) is 1.77. The summed E-state index contributed by atoms with van der Waals surface area (Å²) in [4.78, 5) is 13.3. The van der Waals surface area contributed by atoms with Crippen molar-refractivity contribution in [3.8, 4) is 5.75 Å². The summed E-state index contributed by atoms with van der Waals surface area (Å²) in [5.41, 5.74) is 2.05. The quantitative estimate of drug-likeness (QED) is 0.736. The molecule has 4 heteroatoms. The maximum Gasteiger partial charge on any atom is 0.264 e. The first-order valence-corrected chi connectivity index (χ1v) is 6.33. The van der Waals surface area contributed by atoms with Crippen LogP contribution in [0.25, 0.3) is 0 Å². The highest BCUT2D eigenvalue weighted by Gasteiger charge is 2.27. The number of hydrogen-bond donors (Lipinski definition) is 0. The van der Waals surface area contributed by atoms with Gasteiger partial charge < -0.3 is 9.64 Å². The van der Waals surface area contributed by atoms with E-state index in [1.165, 1.54) is 5.56 Å². The van der Waals surface area contributed by atoms with Gasteiger partial charge in [0.05, 0.1) is 10.2 Å².